The van der Waals surface area contributed by atoms with Gasteiger partial charge in [0.25, 0.3) is 6.43 Å². The molecule has 0 fully saturated rings. The van der Waals surface area contributed by atoms with Crippen molar-refractivity contribution < 1.29 is 8.78 Å². The minimum absolute atomic E-state index is 0.0290. The molecule has 6 heteroatoms. The molecule has 0 unspecified atom stereocenters. The van der Waals surface area contributed by atoms with Crippen LogP contribution >= 0.6 is 15.9 Å². The molecule has 0 saturated carbocycles. The maximum Gasteiger partial charge on any atom is 0.266 e. The molecule has 0 saturated heterocycles. The fourth-order valence-corrected chi connectivity index (χ4v) is 1.58. The molecule has 0 aliphatic rings. The lowest BCUT2D eigenvalue weighted by Gasteiger charge is -2.06. The molecule has 15 heavy (non-hydrogen) atoms. The van der Waals surface area contributed by atoms with E-state index in [9.17, 15) is 8.78 Å². The number of aromatic nitrogens is 1. The molecule has 0 aliphatic heterocycles. The van der Waals surface area contributed by atoms with Crippen LogP contribution in [-0.2, 0) is 6.42 Å². The van der Waals surface area contributed by atoms with E-state index in [4.69, 9.17) is 10.5 Å². The van der Waals surface area contributed by atoms with E-state index in [2.05, 4.69) is 20.9 Å². The summed E-state index contributed by atoms with van der Waals surface area (Å²) >= 11 is 2.99. The molecule has 1 aromatic rings. The lowest BCUT2D eigenvalue weighted by Crippen LogP contribution is -1.99. The van der Waals surface area contributed by atoms with Gasteiger partial charge >= 0.3 is 0 Å². The summed E-state index contributed by atoms with van der Waals surface area (Å²) < 4.78 is 25.0. The Bertz CT molecular complexity index is 460. The number of hydrogen-bond donors (Lipinski definition) is 0. The maximum atomic E-state index is 12.4. The fraction of sp³-hybridized carbons (Fsp3) is 0.222. The monoisotopic (exact) mass is 271 g/mol. The Kier molecular flexibility index (Phi) is 3.70. The van der Waals surface area contributed by atoms with E-state index in [1.54, 1.807) is 6.07 Å². The third-order valence-corrected chi connectivity index (χ3v) is 2.57. The molecule has 0 radical (unpaired) electrons. The molecule has 1 aromatic heterocycles. The van der Waals surface area contributed by atoms with Gasteiger partial charge in [0, 0.05) is 6.20 Å². The van der Waals surface area contributed by atoms with Gasteiger partial charge in [-0.25, -0.2) is 8.78 Å². The zero-order valence-electron chi connectivity index (χ0n) is 7.34. The molecule has 0 spiro atoms. The van der Waals surface area contributed by atoms with E-state index < -0.39 is 12.0 Å². The van der Waals surface area contributed by atoms with Crippen molar-refractivity contribution in [3.8, 4) is 12.1 Å². The van der Waals surface area contributed by atoms with Crippen molar-refractivity contribution in [3.63, 3.8) is 0 Å². The number of pyridine rings is 1. The first kappa shape index (κ1) is 11.5. The molecule has 0 amide bonds. The molecule has 3 nitrogen and oxygen atoms in total. The largest absolute Gasteiger partial charge is 0.266 e. The maximum absolute atomic E-state index is 12.4. The van der Waals surface area contributed by atoms with Crippen molar-refractivity contribution in [3.05, 3.63) is 27.5 Å². The molecular formula is C9H4BrF2N3. The van der Waals surface area contributed by atoms with Crippen LogP contribution in [-0.4, -0.2) is 4.98 Å². The van der Waals surface area contributed by atoms with Crippen molar-refractivity contribution in [2.24, 2.45) is 0 Å². The summed E-state index contributed by atoms with van der Waals surface area (Å²) in [4.78, 5) is 3.70. The van der Waals surface area contributed by atoms with Crippen LogP contribution in [0.4, 0.5) is 8.78 Å². The van der Waals surface area contributed by atoms with Crippen molar-refractivity contribution in [1.82, 2.24) is 4.98 Å². The van der Waals surface area contributed by atoms with Gasteiger partial charge in [0.05, 0.1) is 33.8 Å². The molecule has 0 aromatic carbocycles. The number of rotatable bonds is 2. The molecule has 1 rings (SSSR count). The van der Waals surface area contributed by atoms with Crippen LogP contribution in [0.2, 0.25) is 0 Å². The average Bonchev–Trinajstić information content (AvgIpc) is 2.20. The van der Waals surface area contributed by atoms with Gasteiger partial charge in [-0.3, -0.25) is 4.98 Å². The highest BCUT2D eigenvalue weighted by Gasteiger charge is 2.18. The number of nitriles is 2. The van der Waals surface area contributed by atoms with Gasteiger partial charge in [-0.2, -0.15) is 10.5 Å². The fourth-order valence-electron chi connectivity index (χ4n) is 1.02. The minimum atomic E-state index is -2.75. The molecular weight excluding hydrogens is 268 g/mol. The molecule has 0 aliphatic carbocycles. The Hall–Kier alpha value is -1.53. The van der Waals surface area contributed by atoms with E-state index >= 15 is 0 Å². The van der Waals surface area contributed by atoms with Gasteiger partial charge < -0.3 is 0 Å². The summed E-state index contributed by atoms with van der Waals surface area (Å²) in [5.74, 6) is 0. The highest BCUT2D eigenvalue weighted by molar-refractivity contribution is 9.10. The summed E-state index contributed by atoms with van der Waals surface area (Å²) in [6.45, 7) is 0. The SMILES string of the molecule is N#CCc1ncc(C(F)F)c(C#N)c1Br. The predicted octanol–water partition coefficient (Wildman–Crippen LogP) is 2.72. The average molecular weight is 272 g/mol. The molecule has 1 heterocycles. The van der Waals surface area contributed by atoms with E-state index in [0.717, 1.165) is 6.20 Å². The van der Waals surface area contributed by atoms with E-state index in [-0.39, 0.29) is 16.5 Å². The summed E-state index contributed by atoms with van der Waals surface area (Å²) in [5, 5.41) is 17.2. The number of alkyl halides is 2. The smallest absolute Gasteiger partial charge is 0.258 e. The van der Waals surface area contributed by atoms with Crippen LogP contribution in [0.3, 0.4) is 0 Å². The topological polar surface area (TPSA) is 60.5 Å². The van der Waals surface area contributed by atoms with Crippen molar-refractivity contribution in [2.45, 2.75) is 12.8 Å². The summed E-state index contributed by atoms with van der Waals surface area (Å²) in [6, 6.07) is 3.50. The first-order valence-electron chi connectivity index (χ1n) is 3.84. The van der Waals surface area contributed by atoms with Gasteiger partial charge in [-0.1, -0.05) is 0 Å². The predicted molar refractivity (Wildman–Crippen MR) is 50.9 cm³/mol. The highest BCUT2D eigenvalue weighted by atomic mass is 79.9. The second-order valence-corrected chi connectivity index (χ2v) is 3.39. The van der Waals surface area contributed by atoms with Crippen LogP contribution in [0.5, 0.6) is 0 Å². The van der Waals surface area contributed by atoms with E-state index in [1.807, 2.05) is 6.07 Å². The first-order chi connectivity index (χ1) is 7.11. The number of halogens is 3. The van der Waals surface area contributed by atoms with E-state index in [0.29, 0.717) is 5.69 Å². The Morgan fingerprint density at radius 3 is 2.60 bits per heavy atom. The van der Waals surface area contributed by atoms with Crippen LogP contribution in [0.15, 0.2) is 10.7 Å². The van der Waals surface area contributed by atoms with E-state index in [1.165, 1.54) is 0 Å². The summed E-state index contributed by atoms with van der Waals surface area (Å²) in [5.41, 5.74) is -0.297. The third-order valence-electron chi connectivity index (χ3n) is 1.71. The van der Waals surface area contributed by atoms with Crippen molar-refractivity contribution in [1.29, 1.82) is 10.5 Å². The number of hydrogen-bond acceptors (Lipinski definition) is 3. The van der Waals surface area contributed by atoms with Crippen molar-refractivity contribution in [2.75, 3.05) is 0 Å². The van der Waals surface area contributed by atoms with Gasteiger partial charge in [-0.15, -0.1) is 0 Å². The molecule has 76 valence electrons. The van der Waals surface area contributed by atoms with Crippen LogP contribution in [0.1, 0.15) is 23.2 Å². The zero-order valence-corrected chi connectivity index (χ0v) is 8.92. The van der Waals surface area contributed by atoms with Gasteiger partial charge in [-0.05, 0) is 15.9 Å². The van der Waals surface area contributed by atoms with Crippen molar-refractivity contribution >= 4 is 15.9 Å². The summed E-state index contributed by atoms with van der Waals surface area (Å²) in [7, 11) is 0. The normalized spacial score (nSPS) is 9.73. The Balaban J connectivity index is 3.36. The Morgan fingerprint density at radius 1 is 1.47 bits per heavy atom. The highest BCUT2D eigenvalue weighted by Crippen LogP contribution is 2.29. The zero-order chi connectivity index (χ0) is 11.4. The van der Waals surface area contributed by atoms with Crippen LogP contribution < -0.4 is 0 Å². The molecule has 0 N–H and O–H groups in total. The Morgan fingerprint density at radius 2 is 2.13 bits per heavy atom. The van der Waals surface area contributed by atoms with Crippen LogP contribution in [0.25, 0.3) is 0 Å². The second-order valence-electron chi connectivity index (χ2n) is 2.60. The second kappa shape index (κ2) is 4.81. The Labute approximate surface area is 93.1 Å². The lowest BCUT2D eigenvalue weighted by atomic mass is 10.1. The van der Waals surface area contributed by atoms with Gasteiger partial charge in [0.15, 0.2) is 0 Å². The molecule has 0 atom stereocenters. The quantitative estimate of drug-likeness (QED) is 0.831. The molecule has 0 bridgehead atoms. The standard InChI is InChI=1S/C9H4BrF2N3/c10-8-5(3-14)6(9(11)12)4-15-7(8)1-2-13/h4,9H,1H2. The number of nitrogens with zero attached hydrogens (tertiary/aromatic N) is 3. The first-order valence-corrected chi connectivity index (χ1v) is 4.63. The lowest BCUT2D eigenvalue weighted by molar-refractivity contribution is 0.150. The summed E-state index contributed by atoms with van der Waals surface area (Å²) in [6.07, 6.45) is -1.85. The van der Waals surface area contributed by atoms with Gasteiger partial charge in [0.1, 0.15) is 6.07 Å². The van der Waals surface area contributed by atoms with Crippen LogP contribution in [0, 0.1) is 22.7 Å². The van der Waals surface area contributed by atoms with Gasteiger partial charge in [0.2, 0.25) is 0 Å². The third kappa shape index (κ3) is 2.28. The minimum Gasteiger partial charge on any atom is -0.258 e.